The summed E-state index contributed by atoms with van der Waals surface area (Å²) in [5.74, 6) is -1.04. The minimum Gasteiger partial charge on any atom is -0.480 e. The monoisotopic (exact) mass is 237 g/mol. The zero-order chi connectivity index (χ0) is 13.1. The third kappa shape index (κ3) is 3.29. The van der Waals surface area contributed by atoms with Gasteiger partial charge in [0.15, 0.2) is 0 Å². The van der Waals surface area contributed by atoms with Gasteiger partial charge in [-0.3, -0.25) is 4.79 Å². The van der Waals surface area contributed by atoms with Crippen LogP contribution in [0.3, 0.4) is 0 Å². The Morgan fingerprint density at radius 2 is 1.88 bits per heavy atom. The molecule has 0 spiro atoms. The molecule has 1 aromatic carbocycles. The molecule has 17 heavy (non-hydrogen) atoms. The summed E-state index contributed by atoms with van der Waals surface area (Å²) in [6, 6.07) is 6.37. The highest BCUT2D eigenvalue weighted by atomic mass is 16.4. The molecule has 1 unspecified atom stereocenters. The van der Waals surface area contributed by atoms with E-state index in [1.54, 1.807) is 19.1 Å². The fourth-order valence-electron chi connectivity index (χ4n) is 1.52. The van der Waals surface area contributed by atoms with E-state index in [0.29, 0.717) is 11.9 Å². The second-order valence-electron chi connectivity index (χ2n) is 4.11. The summed E-state index contributed by atoms with van der Waals surface area (Å²) < 4.78 is 0. The van der Waals surface area contributed by atoms with Crippen LogP contribution < -0.4 is 11.2 Å². The number of aliphatic carboxylic acids is 1. The number of carbonyl (C=O) groups is 1. The maximum atomic E-state index is 11.0. The summed E-state index contributed by atoms with van der Waals surface area (Å²) in [5.41, 5.74) is 5.61. The normalized spacial score (nSPS) is 14.1. The summed E-state index contributed by atoms with van der Waals surface area (Å²) in [4.78, 5) is 11.0. The number of benzene rings is 1. The molecular formula is C11H16BNO4. The number of carboxylic acids is 1. The highest BCUT2D eigenvalue weighted by Crippen LogP contribution is 2.14. The van der Waals surface area contributed by atoms with Crippen molar-refractivity contribution in [1.29, 1.82) is 0 Å². The van der Waals surface area contributed by atoms with Gasteiger partial charge in [0.25, 0.3) is 0 Å². The number of nitrogens with two attached hydrogens (primary N) is 1. The first-order valence-corrected chi connectivity index (χ1v) is 5.36. The largest absolute Gasteiger partial charge is 0.488 e. The summed E-state index contributed by atoms with van der Waals surface area (Å²) in [5, 5.41) is 26.9. The Hall–Kier alpha value is -1.37. The maximum absolute atomic E-state index is 11.0. The highest BCUT2D eigenvalue weighted by molar-refractivity contribution is 6.58. The summed E-state index contributed by atoms with van der Waals surface area (Å²) in [6.07, 6.45) is 0.535. The van der Waals surface area contributed by atoms with Crippen LogP contribution in [-0.2, 0) is 11.2 Å². The molecule has 0 aliphatic heterocycles. The Morgan fingerprint density at radius 3 is 2.24 bits per heavy atom. The lowest BCUT2D eigenvalue weighted by Crippen LogP contribution is -2.49. The van der Waals surface area contributed by atoms with Crippen molar-refractivity contribution in [3.8, 4) is 0 Å². The second kappa shape index (κ2) is 5.31. The molecule has 0 aliphatic rings. The van der Waals surface area contributed by atoms with Crippen molar-refractivity contribution in [2.24, 2.45) is 5.73 Å². The first-order valence-electron chi connectivity index (χ1n) is 5.36. The van der Waals surface area contributed by atoms with E-state index in [0.717, 1.165) is 5.56 Å². The lowest BCUT2D eigenvalue weighted by Gasteiger charge is -2.23. The topological polar surface area (TPSA) is 104 Å². The molecule has 0 heterocycles. The van der Waals surface area contributed by atoms with Gasteiger partial charge in [-0.05, 0) is 17.4 Å². The third-order valence-corrected chi connectivity index (χ3v) is 2.85. The average molecular weight is 237 g/mol. The van der Waals surface area contributed by atoms with E-state index in [9.17, 15) is 4.79 Å². The molecule has 0 radical (unpaired) electrons. The van der Waals surface area contributed by atoms with Gasteiger partial charge in [0, 0.05) is 6.42 Å². The molecule has 5 nitrogen and oxygen atoms in total. The van der Waals surface area contributed by atoms with Gasteiger partial charge in [-0.1, -0.05) is 31.2 Å². The molecule has 0 bridgehead atoms. The van der Waals surface area contributed by atoms with Crippen molar-refractivity contribution in [3.63, 3.8) is 0 Å². The van der Waals surface area contributed by atoms with Crippen LogP contribution in [0.4, 0.5) is 0 Å². The van der Waals surface area contributed by atoms with E-state index in [-0.39, 0.29) is 6.42 Å². The zero-order valence-electron chi connectivity index (χ0n) is 9.63. The van der Waals surface area contributed by atoms with Gasteiger partial charge in [-0.25, -0.2) is 0 Å². The number of rotatable bonds is 5. The van der Waals surface area contributed by atoms with Crippen LogP contribution in [0.5, 0.6) is 0 Å². The molecule has 5 N–H and O–H groups in total. The van der Waals surface area contributed by atoms with Crippen LogP contribution in [0.15, 0.2) is 24.3 Å². The number of hydrogen-bond acceptors (Lipinski definition) is 4. The molecule has 92 valence electrons. The van der Waals surface area contributed by atoms with E-state index >= 15 is 0 Å². The van der Waals surface area contributed by atoms with Crippen LogP contribution in [0.25, 0.3) is 0 Å². The lowest BCUT2D eigenvalue weighted by atomic mass is 9.79. The predicted molar refractivity (Wildman–Crippen MR) is 64.8 cm³/mol. The minimum absolute atomic E-state index is 0.209. The molecule has 0 saturated heterocycles. The van der Waals surface area contributed by atoms with Gasteiger partial charge in [0.2, 0.25) is 0 Å². The SMILES string of the molecule is CCC(N)(Cc1ccc(B(O)O)cc1)C(=O)O. The molecule has 0 aliphatic carbocycles. The Balaban J connectivity index is 2.85. The van der Waals surface area contributed by atoms with E-state index in [1.165, 1.54) is 12.1 Å². The molecule has 0 amide bonds. The Kier molecular flexibility index (Phi) is 4.28. The Labute approximate surface area is 100 Å². The zero-order valence-corrected chi connectivity index (χ0v) is 9.63. The van der Waals surface area contributed by atoms with Crippen molar-refractivity contribution < 1.29 is 19.9 Å². The number of carboxylic acid groups (broad SMARTS) is 1. The van der Waals surface area contributed by atoms with Crippen LogP contribution in [0.2, 0.25) is 0 Å². The van der Waals surface area contributed by atoms with Gasteiger partial charge in [0.1, 0.15) is 5.54 Å². The smallest absolute Gasteiger partial charge is 0.480 e. The quantitative estimate of drug-likeness (QED) is 0.497. The third-order valence-electron chi connectivity index (χ3n) is 2.85. The van der Waals surface area contributed by atoms with E-state index in [4.69, 9.17) is 20.9 Å². The number of hydrogen-bond donors (Lipinski definition) is 4. The van der Waals surface area contributed by atoms with E-state index in [2.05, 4.69) is 0 Å². The van der Waals surface area contributed by atoms with E-state index < -0.39 is 18.6 Å². The summed E-state index contributed by atoms with van der Waals surface area (Å²) in [6.45, 7) is 1.72. The Morgan fingerprint density at radius 1 is 1.35 bits per heavy atom. The van der Waals surface area contributed by atoms with Gasteiger partial charge in [-0.2, -0.15) is 0 Å². The predicted octanol–water partition coefficient (Wildman–Crippen LogP) is -0.899. The minimum atomic E-state index is -1.52. The van der Waals surface area contributed by atoms with Crippen LogP contribution in [0, 0.1) is 0 Å². The van der Waals surface area contributed by atoms with Gasteiger partial charge in [0.05, 0.1) is 0 Å². The molecule has 0 fully saturated rings. The molecule has 0 saturated carbocycles. The fraction of sp³-hybridized carbons (Fsp3) is 0.364. The molecule has 1 aromatic rings. The lowest BCUT2D eigenvalue weighted by molar-refractivity contribution is -0.143. The van der Waals surface area contributed by atoms with Crippen LogP contribution >= 0.6 is 0 Å². The molecular weight excluding hydrogens is 221 g/mol. The molecule has 1 rings (SSSR count). The molecule has 6 heteroatoms. The highest BCUT2D eigenvalue weighted by Gasteiger charge is 2.31. The van der Waals surface area contributed by atoms with Crippen LogP contribution in [-0.4, -0.2) is 33.8 Å². The summed E-state index contributed by atoms with van der Waals surface area (Å²) >= 11 is 0. The van der Waals surface area contributed by atoms with E-state index in [1.807, 2.05) is 0 Å². The second-order valence-corrected chi connectivity index (χ2v) is 4.11. The molecule has 1 atom stereocenters. The first kappa shape index (κ1) is 13.7. The average Bonchev–Trinajstić information content (AvgIpc) is 2.29. The summed E-state index contributed by atoms with van der Waals surface area (Å²) in [7, 11) is -1.52. The van der Waals surface area contributed by atoms with Gasteiger partial charge in [-0.15, -0.1) is 0 Å². The van der Waals surface area contributed by atoms with Crippen LogP contribution in [0.1, 0.15) is 18.9 Å². The van der Waals surface area contributed by atoms with Crippen molar-refractivity contribution >= 4 is 18.6 Å². The Bertz CT molecular complexity index is 393. The van der Waals surface area contributed by atoms with Gasteiger partial charge >= 0.3 is 13.1 Å². The fourth-order valence-corrected chi connectivity index (χ4v) is 1.52. The van der Waals surface area contributed by atoms with Crippen molar-refractivity contribution in [3.05, 3.63) is 29.8 Å². The van der Waals surface area contributed by atoms with Crippen molar-refractivity contribution in [2.45, 2.75) is 25.3 Å². The van der Waals surface area contributed by atoms with Crippen molar-refractivity contribution in [2.75, 3.05) is 0 Å². The van der Waals surface area contributed by atoms with Crippen molar-refractivity contribution in [1.82, 2.24) is 0 Å². The maximum Gasteiger partial charge on any atom is 0.488 e. The standard InChI is InChI=1S/C11H16BNO4/c1-2-11(13,10(14)15)7-8-3-5-9(6-4-8)12(16)17/h3-6,16-17H,2,7,13H2,1H3,(H,14,15). The molecule has 0 aromatic heterocycles. The van der Waals surface area contributed by atoms with Gasteiger partial charge < -0.3 is 20.9 Å². The first-order chi connectivity index (χ1) is 7.89.